The summed E-state index contributed by atoms with van der Waals surface area (Å²) in [7, 11) is 0. The fourth-order valence-electron chi connectivity index (χ4n) is 4.92. The van der Waals surface area contributed by atoms with E-state index in [-0.39, 0.29) is 19.1 Å². The van der Waals surface area contributed by atoms with Crippen molar-refractivity contribution in [2.24, 2.45) is 5.92 Å². The Morgan fingerprint density at radius 1 is 0.909 bits per heavy atom. The molecule has 6 nitrogen and oxygen atoms in total. The van der Waals surface area contributed by atoms with Gasteiger partial charge in [-0.1, -0.05) is 61.4 Å². The third-order valence-corrected chi connectivity index (χ3v) is 6.87. The molecule has 2 aliphatic rings. The van der Waals surface area contributed by atoms with Gasteiger partial charge >= 0.3 is 6.09 Å². The molecule has 1 aliphatic heterocycles. The molecule has 2 fully saturated rings. The number of benzene rings is 2. The lowest BCUT2D eigenvalue weighted by Gasteiger charge is -2.36. The number of piperidine rings is 1. The molecule has 1 saturated heterocycles. The topological polar surface area (TPSA) is 61.9 Å². The van der Waals surface area contributed by atoms with Gasteiger partial charge in [0.1, 0.15) is 13.2 Å². The van der Waals surface area contributed by atoms with Crippen molar-refractivity contribution in [3.05, 3.63) is 66.2 Å². The lowest BCUT2D eigenvalue weighted by molar-refractivity contribution is -0.120. The maximum absolute atomic E-state index is 12.8. The molecule has 0 spiro atoms. The number of rotatable bonds is 8. The van der Waals surface area contributed by atoms with Crippen LogP contribution in [0.5, 0.6) is 0 Å². The molecule has 0 unspecified atom stereocenters. The molecular formula is C27H35N3O3. The third kappa shape index (κ3) is 6.81. The lowest BCUT2D eigenvalue weighted by atomic mass is 9.95. The molecule has 1 N–H and O–H groups in total. The molecule has 0 atom stereocenters. The van der Waals surface area contributed by atoms with E-state index in [0.29, 0.717) is 18.2 Å². The minimum absolute atomic E-state index is 0.0570. The van der Waals surface area contributed by atoms with Crippen LogP contribution in [0, 0.1) is 5.92 Å². The molecule has 0 bridgehead atoms. The van der Waals surface area contributed by atoms with Crippen LogP contribution in [-0.2, 0) is 16.1 Å². The van der Waals surface area contributed by atoms with E-state index in [9.17, 15) is 9.59 Å². The van der Waals surface area contributed by atoms with Gasteiger partial charge in [-0.15, -0.1) is 0 Å². The number of carbonyl (C=O) groups excluding carboxylic acids is 2. The van der Waals surface area contributed by atoms with Crippen LogP contribution < -0.4 is 10.2 Å². The predicted molar refractivity (Wildman–Crippen MR) is 130 cm³/mol. The molecule has 2 amide bonds. The Labute approximate surface area is 196 Å². The largest absolute Gasteiger partial charge is 0.444 e. The van der Waals surface area contributed by atoms with Crippen LogP contribution in [0.1, 0.15) is 44.1 Å². The number of para-hydroxylation sites is 1. The minimum Gasteiger partial charge on any atom is -0.444 e. The molecule has 1 heterocycles. The first kappa shape index (κ1) is 23.3. The highest BCUT2D eigenvalue weighted by molar-refractivity contribution is 5.94. The van der Waals surface area contributed by atoms with Crippen LogP contribution in [-0.4, -0.2) is 49.1 Å². The maximum Gasteiger partial charge on any atom is 0.415 e. The number of nitrogens with one attached hydrogen (secondary N) is 1. The zero-order valence-corrected chi connectivity index (χ0v) is 19.3. The third-order valence-electron chi connectivity index (χ3n) is 6.87. The van der Waals surface area contributed by atoms with Gasteiger partial charge in [-0.2, -0.15) is 0 Å². The lowest BCUT2D eigenvalue weighted by Crippen LogP contribution is -2.45. The van der Waals surface area contributed by atoms with Crippen molar-refractivity contribution in [3.8, 4) is 0 Å². The number of likely N-dealkylation sites (tertiary alicyclic amines) is 1. The molecule has 1 aliphatic carbocycles. The van der Waals surface area contributed by atoms with E-state index < -0.39 is 6.09 Å². The van der Waals surface area contributed by atoms with Crippen LogP contribution in [0.2, 0.25) is 0 Å². The highest BCUT2D eigenvalue weighted by Gasteiger charge is 2.27. The van der Waals surface area contributed by atoms with E-state index in [1.165, 1.54) is 30.6 Å². The molecule has 33 heavy (non-hydrogen) atoms. The highest BCUT2D eigenvalue weighted by Crippen LogP contribution is 2.27. The fraction of sp³-hybridized carbons (Fsp3) is 0.481. The van der Waals surface area contributed by atoms with Crippen LogP contribution in [0.3, 0.4) is 0 Å². The fourth-order valence-corrected chi connectivity index (χ4v) is 4.92. The van der Waals surface area contributed by atoms with Crippen molar-refractivity contribution >= 4 is 17.7 Å². The second-order valence-electron chi connectivity index (χ2n) is 9.18. The first-order valence-corrected chi connectivity index (χ1v) is 12.2. The number of carbonyl (C=O) groups is 2. The van der Waals surface area contributed by atoms with E-state index in [1.54, 1.807) is 0 Å². The molecule has 0 radical (unpaired) electrons. The molecule has 176 valence electrons. The van der Waals surface area contributed by atoms with Gasteiger partial charge < -0.3 is 15.0 Å². The second kappa shape index (κ2) is 11.8. The average molecular weight is 450 g/mol. The summed E-state index contributed by atoms with van der Waals surface area (Å²) in [6.07, 6.45) is 7.15. The van der Waals surface area contributed by atoms with Crippen LogP contribution >= 0.6 is 0 Å². The zero-order valence-electron chi connectivity index (χ0n) is 19.3. The van der Waals surface area contributed by atoms with Crippen molar-refractivity contribution in [1.29, 1.82) is 0 Å². The van der Waals surface area contributed by atoms with Crippen molar-refractivity contribution in [2.45, 2.75) is 51.2 Å². The van der Waals surface area contributed by atoms with Gasteiger partial charge in [-0.3, -0.25) is 9.69 Å². The standard InChI is InChI=1S/C27H35N3O3/c31-26(28-19-22-15-17-29(18-16-22)24-11-7-8-12-24)20-30(25-13-5-2-6-14-25)27(32)33-21-23-9-3-1-4-10-23/h1-6,9-10,13-14,22,24H,7-8,11-12,15-21H2,(H,28,31). The summed E-state index contributed by atoms with van der Waals surface area (Å²) in [5, 5.41) is 3.06. The van der Waals surface area contributed by atoms with E-state index in [0.717, 1.165) is 37.5 Å². The molecule has 1 saturated carbocycles. The van der Waals surface area contributed by atoms with Gasteiger partial charge in [0.15, 0.2) is 0 Å². The summed E-state index contributed by atoms with van der Waals surface area (Å²) in [6.45, 7) is 3.04. The Morgan fingerprint density at radius 2 is 1.55 bits per heavy atom. The van der Waals surface area contributed by atoms with Crippen LogP contribution in [0.25, 0.3) is 0 Å². The molecule has 0 aromatic heterocycles. The Bertz CT molecular complexity index is 876. The maximum atomic E-state index is 12.8. The van der Waals surface area contributed by atoms with Gasteiger partial charge in [0.25, 0.3) is 0 Å². The summed E-state index contributed by atoms with van der Waals surface area (Å²) in [5.74, 6) is 0.343. The molecule has 2 aromatic rings. The number of ether oxygens (including phenoxy) is 1. The summed E-state index contributed by atoms with van der Waals surface area (Å²) in [4.78, 5) is 29.6. The second-order valence-corrected chi connectivity index (χ2v) is 9.18. The van der Waals surface area contributed by atoms with E-state index in [2.05, 4.69) is 10.2 Å². The number of nitrogens with zero attached hydrogens (tertiary/aromatic N) is 2. The first-order chi connectivity index (χ1) is 16.2. The zero-order chi connectivity index (χ0) is 22.9. The summed E-state index contributed by atoms with van der Waals surface area (Å²) >= 11 is 0. The first-order valence-electron chi connectivity index (χ1n) is 12.2. The van der Waals surface area contributed by atoms with Crippen LogP contribution in [0.15, 0.2) is 60.7 Å². The minimum atomic E-state index is -0.523. The van der Waals surface area contributed by atoms with Crippen LogP contribution in [0.4, 0.5) is 10.5 Å². The smallest absolute Gasteiger partial charge is 0.415 e. The van der Waals surface area contributed by atoms with Crippen molar-refractivity contribution < 1.29 is 14.3 Å². The molecular weight excluding hydrogens is 414 g/mol. The molecule has 2 aromatic carbocycles. The molecule has 6 heteroatoms. The average Bonchev–Trinajstić information content (AvgIpc) is 3.41. The SMILES string of the molecule is O=C(CN(C(=O)OCc1ccccc1)c1ccccc1)NCC1CCN(C2CCCC2)CC1. The van der Waals surface area contributed by atoms with Crippen molar-refractivity contribution in [3.63, 3.8) is 0 Å². The van der Waals surface area contributed by atoms with Gasteiger partial charge in [-0.05, 0) is 62.4 Å². The highest BCUT2D eigenvalue weighted by atomic mass is 16.6. The molecule has 4 rings (SSSR count). The summed E-state index contributed by atoms with van der Waals surface area (Å²) < 4.78 is 5.50. The van der Waals surface area contributed by atoms with Gasteiger partial charge in [0.2, 0.25) is 5.91 Å². The van der Waals surface area contributed by atoms with Gasteiger partial charge in [0, 0.05) is 18.3 Å². The number of amides is 2. The number of hydrogen-bond donors (Lipinski definition) is 1. The van der Waals surface area contributed by atoms with Gasteiger partial charge in [-0.25, -0.2) is 4.79 Å². The Hall–Kier alpha value is -2.86. The summed E-state index contributed by atoms with van der Waals surface area (Å²) in [6, 6.07) is 19.5. The predicted octanol–water partition coefficient (Wildman–Crippen LogP) is 4.60. The monoisotopic (exact) mass is 449 g/mol. The van der Waals surface area contributed by atoms with E-state index in [1.807, 2.05) is 60.7 Å². The summed E-state index contributed by atoms with van der Waals surface area (Å²) in [5.41, 5.74) is 1.56. The van der Waals surface area contributed by atoms with Gasteiger partial charge in [0.05, 0.1) is 0 Å². The van der Waals surface area contributed by atoms with E-state index in [4.69, 9.17) is 4.74 Å². The quantitative estimate of drug-likeness (QED) is 0.640. The van der Waals surface area contributed by atoms with Crippen molar-refractivity contribution in [2.75, 3.05) is 31.1 Å². The Morgan fingerprint density at radius 3 is 2.21 bits per heavy atom. The van der Waals surface area contributed by atoms with Crippen molar-refractivity contribution in [1.82, 2.24) is 10.2 Å². The number of hydrogen-bond acceptors (Lipinski definition) is 4. The normalized spacial score (nSPS) is 17.6. The number of anilines is 1. The Balaban J connectivity index is 1.27. The Kier molecular flexibility index (Phi) is 8.36. The van der Waals surface area contributed by atoms with E-state index >= 15 is 0 Å².